The molecule has 2 nitrogen and oxygen atoms in total. The summed E-state index contributed by atoms with van der Waals surface area (Å²) in [6.45, 7) is 4.57. The lowest BCUT2D eigenvalue weighted by Crippen LogP contribution is -2.19. The topological polar surface area (TPSA) is 26.3 Å². The molecule has 0 aromatic carbocycles. The van der Waals surface area contributed by atoms with Crippen molar-refractivity contribution in [1.82, 2.24) is 0 Å². The van der Waals surface area contributed by atoms with Gasteiger partial charge in [0.2, 0.25) is 0 Å². The van der Waals surface area contributed by atoms with Crippen molar-refractivity contribution in [2.24, 2.45) is 0 Å². The number of carbonyl (C=O) groups is 1. The molecule has 0 amide bonds. The number of ether oxygens (including phenoxy) is 1. The van der Waals surface area contributed by atoms with Gasteiger partial charge in [0.15, 0.2) is 0 Å². The van der Waals surface area contributed by atoms with Crippen LogP contribution in [0.15, 0.2) is 35.6 Å². The van der Waals surface area contributed by atoms with Gasteiger partial charge in [-0.15, -0.1) is 0 Å². The summed E-state index contributed by atoms with van der Waals surface area (Å²) in [5.74, 6) is 0.977. The lowest BCUT2D eigenvalue weighted by Gasteiger charge is -2.21. The second-order valence-electron chi connectivity index (χ2n) is 13.1. The van der Waals surface area contributed by atoms with Crippen LogP contribution < -0.4 is 0 Å². The number of esters is 1. The van der Waals surface area contributed by atoms with Gasteiger partial charge in [0, 0.05) is 0 Å². The molecule has 0 bridgehead atoms. The molecule has 0 spiro atoms. The van der Waals surface area contributed by atoms with Crippen LogP contribution in [0.1, 0.15) is 213 Å². The predicted molar refractivity (Wildman–Crippen MR) is 186 cm³/mol. The van der Waals surface area contributed by atoms with Gasteiger partial charge < -0.3 is 4.74 Å². The molecule has 0 aromatic heterocycles. The van der Waals surface area contributed by atoms with Crippen molar-refractivity contribution in [1.29, 1.82) is 0 Å². The van der Waals surface area contributed by atoms with Gasteiger partial charge in [-0.2, -0.15) is 0 Å². The first-order chi connectivity index (χ1) is 20.8. The van der Waals surface area contributed by atoms with Crippen LogP contribution in [0, 0.1) is 0 Å². The largest absolute Gasteiger partial charge is 0.430 e. The summed E-state index contributed by atoms with van der Waals surface area (Å²) in [5.41, 5.74) is 1.45. The highest BCUT2D eigenvalue weighted by atomic mass is 16.6. The van der Waals surface area contributed by atoms with E-state index in [1.54, 1.807) is 0 Å². The van der Waals surface area contributed by atoms with Crippen molar-refractivity contribution >= 4 is 5.97 Å². The van der Waals surface area contributed by atoms with Crippen molar-refractivity contribution in [3.8, 4) is 0 Å². The number of hydrogen-bond donors (Lipinski definition) is 0. The molecule has 0 saturated carbocycles. The Hall–Kier alpha value is -1.31. The standard InChI is InChI=1S/C40H72O2/c1-3-5-7-9-11-13-15-17-19-21-23-25-27-29-31-33-35-38(39-37-40(41)42-39)36-34-32-30-28-26-24-22-20-18-16-14-12-10-8-6-4-2/h17-20H,3-16,21-37H2,1-2H3. The van der Waals surface area contributed by atoms with E-state index in [-0.39, 0.29) is 5.97 Å². The van der Waals surface area contributed by atoms with Crippen LogP contribution in [0.25, 0.3) is 0 Å². The Labute approximate surface area is 263 Å². The van der Waals surface area contributed by atoms with Crippen molar-refractivity contribution < 1.29 is 9.53 Å². The van der Waals surface area contributed by atoms with E-state index in [2.05, 4.69) is 38.2 Å². The molecule has 42 heavy (non-hydrogen) atoms. The van der Waals surface area contributed by atoms with Crippen LogP contribution in [0.5, 0.6) is 0 Å². The smallest absolute Gasteiger partial charge is 0.318 e. The Balaban J connectivity index is 1.95. The number of allylic oxidation sites excluding steroid dienone is 5. The molecule has 1 aliphatic heterocycles. The molecule has 244 valence electrons. The Bertz CT molecular complexity index is 632. The predicted octanol–water partition coefficient (Wildman–Crippen LogP) is 14.0. The minimum absolute atomic E-state index is 0.0375. The van der Waals surface area contributed by atoms with Crippen LogP contribution >= 0.6 is 0 Å². The zero-order valence-electron chi connectivity index (χ0n) is 28.5. The van der Waals surface area contributed by atoms with E-state index >= 15 is 0 Å². The van der Waals surface area contributed by atoms with Gasteiger partial charge in [-0.3, -0.25) is 4.79 Å². The number of carbonyl (C=O) groups excluding carboxylic acids is 1. The maximum Gasteiger partial charge on any atom is 0.318 e. The summed E-state index contributed by atoms with van der Waals surface area (Å²) < 4.78 is 5.39. The fourth-order valence-corrected chi connectivity index (χ4v) is 6.03. The molecule has 0 aromatic rings. The second-order valence-corrected chi connectivity index (χ2v) is 13.1. The van der Waals surface area contributed by atoms with Crippen molar-refractivity contribution in [3.63, 3.8) is 0 Å². The molecule has 0 atom stereocenters. The first-order valence-corrected chi connectivity index (χ1v) is 19.0. The highest BCUT2D eigenvalue weighted by molar-refractivity contribution is 5.80. The highest BCUT2D eigenvalue weighted by Crippen LogP contribution is 2.29. The van der Waals surface area contributed by atoms with Crippen LogP contribution in [-0.2, 0) is 9.53 Å². The van der Waals surface area contributed by atoms with Crippen LogP contribution in [0.4, 0.5) is 0 Å². The molecular weight excluding hydrogens is 512 g/mol. The molecule has 0 radical (unpaired) electrons. The molecule has 2 heteroatoms. The normalized spacial score (nSPS) is 13.4. The summed E-state index contributed by atoms with van der Waals surface area (Å²) in [4.78, 5) is 11.4. The highest BCUT2D eigenvalue weighted by Gasteiger charge is 2.25. The average molecular weight is 585 g/mol. The maximum atomic E-state index is 11.4. The third-order valence-electron chi connectivity index (χ3n) is 8.92. The number of hydrogen-bond acceptors (Lipinski definition) is 2. The van der Waals surface area contributed by atoms with E-state index in [1.807, 2.05) is 0 Å². The lowest BCUT2D eigenvalue weighted by atomic mass is 9.96. The van der Waals surface area contributed by atoms with Crippen molar-refractivity contribution in [2.45, 2.75) is 213 Å². The Kier molecular flexibility index (Phi) is 28.7. The lowest BCUT2D eigenvalue weighted by molar-refractivity contribution is -0.148. The molecule has 1 saturated heterocycles. The summed E-state index contributed by atoms with van der Waals surface area (Å²) in [5, 5.41) is 0. The summed E-state index contributed by atoms with van der Waals surface area (Å²) >= 11 is 0. The minimum atomic E-state index is -0.0375. The SMILES string of the molecule is CCCCCCCCC=CCCCCCCCCC(CCCCCCCCC=CCCCCCCCC)=C1CC(=O)O1. The van der Waals surface area contributed by atoms with E-state index in [9.17, 15) is 4.79 Å². The summed E-state index contributed by atoms with van der Waals surface area (Å²) in [6, 6.07) is 0. The quantitative estimate of drug-likeness (QED) is 0.0446. The van der Waals surface area contributed by atoms with Gasteiger partial charge in [-0.25, -0.2) is 0 Å². The molecule has 1 aliphatic rings. The van der Waals surface area contributed by atoms with Gasteiger partial charge in [0.25, 0.3) is 0 Å². The summed E-state index contributed by atoms with van der Waals surface area (Å²) in [7, 11) is 0. The molecule has 0 aliphatic carbocycles. The first kappa shape index (κ1) is 38.7. The molecular formula is C40H72O2. The zero-order valence-corrected chi connectivity index (χ0v) is 28.5. The third kappa shape index (κ3) is 25.2. The maximum absolute atomic E-state index is 11.4. The van der Waals surface area contributed by atoms with Gasteiger partial charge in [0.1, 0.15) is 12.2 Å². The fourth-order valence-electron chi connectivity index (χ4n) is 6.03. The van der Waals surface area contributed by atoms with Gasteiger partial charge >= 0.3 is 5.97 Å². The summed E-state index contributed by atoms with van der Waals surface area (Å²) in [6.07, 6.45) is 50.2. The third-order valence-corrected chi connectivity index (χ3v) is 8.92. The van der Waals surface area contributed by atoms with Gasteiger partial charge in [0.05, 0.1) is 0 Å². The second kappa shape index (κ2) is 31.1. The molecule has 1 heterocycles. The van der Waals surface area contributed by atoms with E-state index in [4.69, 9.17) is 4.74 Å². The Morgan fingerprint density at radius 3 is 1.07 bits per heavy atom. The van der Waals surface area contributed by atoms with Crippen LogP contribution in [0.2, 0.25) is 0 Å². The van der Waals surface area contributed by atoms with Gasteiger partial charge in [-0.05, 0) is 82.6 Å². The monoisotopic (exact) mass is 585 g/mol. The molecule has 1 rings (SSSR count). The van der Waals surface area contributed by atoms with Crippen molar-refractivity contribution in [2.75, 3.05) is 0 Å². The fraction of sp³-hybridized carbons (Fsp3) is 0.825. The Morgan fingerprint density at radius 2 is 0.762 bits per heavy atom. The van der Waals surface area contributed by atoms with E-state index < -0.39 is 0 Å². The number of cyclic esters (lactones) is 1. The first-order valence-electron chi connectivity index (χ1n) is 19.0. The van der Waals surface area contributed by atoms with Crippen molar-refractivity contribution in [3.05, 3.63) is 35.6 Å². The van der Waals surface area contributed by atoms with E-state index in [1.165, 1.54) is 185 Å². The Morgan fingerprint density at radius 1 is 0.476 bits per heavy atom. The zero-order chi connectivity index (χ0) is 30.2. The number of rotatable bonds is 32. The van der Waals surface area contributed by atoms with E-state index in [0.29, 0.717) is 6.42 Å². The molecule has 0 N–H and O–H groups in total. The van der Waals surface area contributed by atoms with Crippen LogP contribution in [-0.4, -0.2) is 5.97 Å². The number of unbranched alkanes of at least 4 members (excludes halogenated alkanes) is 24. The molecule has 0 unspecified atom stereocenters. The van der Waals surface area contributed by atoms with Gasteiger partial charge in [-0.1, -0.05) is 154 Å². The minimum Gasteiger partial charge on any atom is -0.430 e. The van der Waals surface area contributed by atoms with E-state index in [0.717, 1.165) is 18.6 Å². The average Bonchev–Trinajstić information content (AvgIpc) is 2.98. The molecule has 1 fully saturated rings. The van der Waals surface area contributed by atoms with Crippen LogP contribution in [0.3, 0.4) is 0 Å².